The topological polar surface area (TPSA) is 83.6 Å². The van der Waals surface area contributed by atoms with E-state index in [4.69, 9.17) is 10.8 Å². The van der Waals surface area contributed by atoms with Crippen molar-refractivity contribution in [2.24, 2.45) is 5.92 Å². The van der Waals surface area contributed by atoms with E-state index in [1.807, 2.05) is 6.07 Å². The van der Waals surface area contributed by atoms with Gasteiger partial charge in [0.05, 0.1) is 21.4 Å². The first-order chi connectivity index (χ1) is 9.16. The molecule has 1 aromatic rings. The van der Waals surface area contributed by atoms with Crippen LogP contribution in [0.4, 0.5) is 11.4 Å². The molecule has 0 aliphatic rings. The molecule has 0 bridgehead atoms. The molecule has 0 radical (unpaired) electrons. The maximum Gasteiger partial charge on any atom is 0.304 e. The van der Waals surface area contributed by atoms with Gasteiger partial charge in [-0.05, 0) is 73.8 Å². The molecule has 1 atom stereocenters. The molecule has 1 amide bonds. The zero-order chi connectivity index (χ0) is 15.6. The second kappa shape index (κ2) is 7.42. The van der Waals surface area contributed by atoms with Crippen LogP contribution in [0.15, 0.2) is 6.07 Å². The second-order valence-corrected chi connectivity index (χ2v) is 7.72. The van der Waals surface area contributed by atoms with Crippen LogP contribution in [0.3, 0.4) is 0 Å². The lowest BCUT2D eigenvalue weighted by molar-refractivity contribution is -0.140. The van der Waals surface area contributed by atoms with Gasteiger partial charge in [-0.15, -0.1) is 0 Å². The first-order valence-electron chi connectivity index (χ1n) is 5.59. The Labute approximate surface area is 158 Å². The maximum absolute atomic E-state index is 12.3. The summed E-state index contributed by atoms with van der Waals surface area (Å²) in [6.07, 6.45) is -0.184. The number of anilines is 2. The quantitative estimate of drug-likeness (QED) is 0.404. The largest absolute Gasteiger partial charge is 0.481 e. The number of nitrogen functional groups attached to an aromatic ring is 1. The van der Waals surface area contributed by atoms with E-state index < -0.39 is 11.9 Å². The number of carboxylic acids is 1. The summed E-state index contributed by atoms with van der Waals surface area (Å²) in [6.45, 7) is 1.61. The van der Waals surface area contributed by atoms with Crippen LogP contribution < -0.4 is 10.6 Å². The van der Waals surface area contributed by atoms with Crippen LogP contribution in [0.2, 0.25) is 0 Å². The van der Waals surface area contributed by atoms with E-state index >= 15 is 0 Å². The molecule has 0 spiro atoms. The van der Waals surface area contributed by atoms with Gasteiger partial charge >= 0.3 is 5.97 Å². The number of aliphatic carboxylic acids is 1. The molecule has 8 heteroatoms. The third-order valence-electron chi connectivity index (χ3n) is 2.75. The number of carbonyl (C=O) groups excluding carboxylic acids is 1. The van der Waals surface area contributed by atoms with E-state index in [-0.39, 0.29) is 12.3 Å². The highest BCUT2D eigenvalue weighted by atomic mass is 127. The van der Waals surface area contributed by atoms with Gasteiger partial charge in [-0.1, -0.05) is 6.92 Å². The average Bonchev–Trinajstić information content (AvgIpc) is 2.34. The van der Waals surface area contributed by atoms with Gasteiger partial charge in [0.2, 0.25) is 5.91 Å². The molecule has 0 aromatic heterocycles. The number of amides is 1. The van der Waals surface area contributed by atoms with Crippen LogP contribution >= 0.6 is 67.8 Å². The number of rotatable bonds is 4. The Morgan fingerprint density at radius 2 is 1.90 bits per heavy atom. The molecule has 0 saturated carbocycles. The summed E-state index contributed by atoms with van der Waals surface area (Å²) in [4.78, 5) is 24.5. The van der Waals surface area contributed by atoms with Gasteiger partial charge < -0.3 is 15.7 Å². The highest BCUT2D eigenvalue weighted by Gasteiger charge is 2.25. The molecule has 20 heavy (non-hydrogen) atoms. The third-order valence-corrected chi connectivity index (χ3v) is 5.56. The monoisotopic (exact) mass is 614 g/mol. The van der Waals surface area contributed by atoms with Gasteiger partial charge in [0, 0.05) is 20.1 Å². The normalized spacial score (nSPS) is 12.1. The number of benzene rings is 1. The predicted octanol–water partition coefficient (Wildman–Crippen LogP) is 3.16. The lowest BCUT2D eigenvalue weighted by Crippen LogP contribution is -2.34. The summed E-state index contributed by atoms with van der Waals surface area (Å²) < 4.78 is 2.64. The van der Waals surface area contributed by atoms with Crippen LogP contribution in [0.1, 0.15) is 13.3 Å². The number of halogens is 3. The van der Waals surface area contributed by atoms with E-state index in [1.165, 1.54) is 4.90 Å². The van der Waals surface area contributed by atoms with Crippen molar-refractivity contribution in [3.8, 4) is 0 Å². The van der Waals surface area contributed by atoms with Gasteiger partial charge in [0.15, 0.2) is 0 Å². The molecule has 5 nitrogen and oxygen atoms in total. The molecule has 3 N–H and O–H groups in total. The molecule has 0 fully saturated rings. The van der Waals surface area contributed by atoms with Crippen molar-refractivity contribution in [3.05, 3.63) is 16.8 Å². The molecule has 1 aromatic carbocycles. The van der Waals surface area contributed by atoms with Crippen molar-refractivity contribution in [2.45, 2.75) is 13.3 Å². The minimum Gasteiger partial charge on any atom is -0.481 e. The summed E-state index contributed by atoms with van der Waals surface area (Å²) in [5, 5.41) is 8.78. The fraction of sp³-hybridized carbons (Fsp3) is 0.333. The predicted molar refractivity (Wildman–Crippen MR) is 104 cm³/mol. The van der Waals surface area contributed by atoms with Gasteiger partial charge in [0.25, 0.3) is 0 Å². The molecule has 1 unspecified atom stereocenters. The highest BCUT2D eigenvalue weighted by molar-refractivity contribution is 14.1. The molecule has 110 valence electrons. The highest BCUT2D eigenvalue weighted by Crippen LogP contribution is 2.35. The number of hydrogen-bond acceptors (Lipinski definition) is 3. The van der Waals surface area contributed by atoms with Crippen LogP contribution in [-0.4, -0.2) is 24.0 Å². The third kappa shape index (κ3) is 4.08. The summed E-state index contributed by atoms with van der Waals surface area (Å²) in [5.41, 5.74) is 7.36. The SMILES string of the molecule is CC(CC(=O)O)C(=O)N(C)c1c(I)cc(I)c(N)c1I. The zero-order valence-electron chi connectivity index (χ0n) is 10.8. The van der Waals surface area contributed by atoms with Crippen LogP contribution in [0.25, 0.3) is 0 Å². The van der Waals surface area contributed by atoms with Crippen molar-refractivity contribution in [3.63, 3.8) is 0 Å². The summed E-state index contributed by atoms with van der Waals surface area (Å²) in [6, 6.07) is 1.90. The number of nitrogens with two attached hydrogens (primary N) is 1. The summed E-state index contributed by atoms with van der Waals surface area (Å²) >= 11 is 6.41. The molecule has 0 aliphatic carbocycles. The lowest BCUT2D eigenvalue weighted by atomic mass is 10.1. The first-order valence-corrected chi connectivity index (χ1v) is 8.82. The van der Waals surface area contributed by atoms with Crippen molar-refractivity contribution >= 4 is 91.0 Å². The van der Waals surface area contributed by atoms with Crippen molar-refractivity contribution in [2.75, 3.05) is 17.7 Å². The van der Waals surface area contributed by atoms with Crippen molar-refractivity contribution in [1.29, 1.82) is 0 Å². The van der Waals surface area contributed by atoms with Crippen LogP contribution in [-0.2, 0) is 9.59 Å². The Balaban J connectivity index is 3.15. The summed E-state index contributed by atoms with van der Waals surface area (Å²) in [7, 11) is 1.65. The fourth-order valence-electron chi connectivity index (χ4n) is 1.69. The fourth-order valence-corrected chi connectivity index (χ4v) is 5.79. The van der Waals surface area contributed by atoms with E-state index in [0.29, 0.717) is 5.69 Å². The lowest BCUT2D eigenvalue weighted by Gasteiger charge is -2.24. The van der Waals surface area contributed by atoms with E-state index in [0.717, 1.165) is 16.4 Å². The Morgan fingerprint density at radius 1 is 1.35 bits per heavy atom. The van der Waals surface area contributed by atoms with Gasteiger partial charge in [-0.25, -0.2) is 0 Å². The van der Waals surface area contributed by atoms with Gasteiger partial charge in [-0.2, -0.15) is 0 Å². The minimum absolute atomic E-state index is 0.184. The molecular weight excluding hydrogens is 601 g/mol. The van der Waals surface area contributed by atoms with Crippen molar-refractivity contribution in [1.82, 2.24) is 0 Å². The maximum atomic E-state index is 12.3. The van der Waals surface area contributed by atoms with E-state index in [9.17, 15) is 9.59 Å². The Kier molecular flexibility index (Phi) is 6.76. The molecular formula is C12H13I3N2O3. The molecule has 0 heterocycles. The minimum atomic E-state index is -0.981. The van der Waals surface area contributed by atoms with Crippen molar-refractivity contribution < 1.29 is 14.7 Å². The van der Waals surface area contributed by atoms with E-state index in [1.54, 1.807) is 14.0 Å². The molecule has 1 rings (SSSR count). The number of carbonyl (C=O) groups is 2. The van der Waals surface area contributed by atoms with E-state index in [2.05, 4.69) is 67.8 Å². The Bertz CT molecular complexity index is 563. The zero-order valence-corrected chi connectivity index (χ0v) is 17.3. The molecule has 0 saturated heterocycles. The number of nitrogens with zero attached hydrogens (tertiary/aromatic N) is 1. The second-order valence-electron chi connectivity index (χ2n) is 4.31. The summed E-state index contributed by atoms with van der Waals surface area (Å²) in [5.74, 6) is -1.79. The Hall–Kier alpha value is 0.150. The van der Waals surface area contributed by atoms with Crippen LogP contribution in [0, 0.1) is 16.6 Å². The first kappa shape index (κ1) is 18.2. The number of hydrogen-bond donors (Lipinski definition) is 2. The van der Waals surface area contributed by atoms with Gasteiger partial charge in [-0.3, -0.25) is 9.59 Å². The van der Waals surface area contributed by atoms with Crippen LogP contribution in [0.5, 0.6) is 0 Å². The standard InChI is InChI=1S/C12H13I3N2O3/c1-5(3-8(18)19)12(20)17(2)11-7(14)4-6(13)10(16)9(11)15/h4-5H,3,16H2,1-2H3,(H,18,19). The molecule has 0 aliphatic heterocycles. The smallest absolute Gasteiger partial charge is 0.304 e. The number of carboxylic acid groups (broad SMARTS) is 1. The Morgan fingerprint density at radius 3 is 2.40 bits per heavy atom. The average molecular weight is 614 g/mol. The van der Waals surface area contributed by atoms with Gasteiger partial charge in [0.1, 0.15) is 0 Å².